The van der Waals surface area contributed by atoms with Crippen molar-refractivity contribution in [2.24, 2.45) is 5.73 Å². The van der Waals surface area contributed by atoms with Crippen molar-refractivity contribution in [1.82, 2.24) is 15.5 Å². The van der Waals surface area contributed by atoms with Gasteiger partial charge >= 0.3 is 0 Å². The van der Waals surface area contributed by atoms with Gasteiger partial charge in [0.15, 0.2) is 0 Å². The van der Waals surface area contributed by atoms with E-state index in [1.165, 1.54) is 0 Å². The van der Waals surface area contributed by atoms with Crippen LogP contribution >= 0.6 is 0 Å². The van der Waals surface area contributed by atoms with Crippen LogP contribution in [0, 0.1) is 0 Å². The zero-order valence-corrected chi connectivity index (χ0v) is 12.2. The average molecular weight is 286 g/mol. The fraction of sp³-hybridized carbons (Fsp3) is 0.846. The van der Waals surface area contributed by atoms with Gasteiger partial charge < -0.3 is 21.1 Å². The van der Waals surface area contributed by atoms with Crippen molar-refractivity contribution in [3.63, 3.8) is 0 Å². The van der Waals surface area contributed by atoms with E-state index >= 15 is 0 Å². The van der Waals surface area contributed by atoms with Crippen molar-refractivity contribution in [1.29, 1.82) is 0 Å². The number of methoxy groups -OCH3 is 1. The number of rotatable bonds is 8. The number of hydrogen-bond acceptors (Lipinski definition) is 5. The van der Waals surface area contributed by atoms with Gasteiger partial charge in [0, 0.05) is 45.8 Å². The predicted octanol–water partition coefficient (Wildman–Crippen LogP) is -1.32. The van der Waals surface area contributed by atoms with Gasteiger partial charge in [0.2, 0.25) is 11.8 Å². The summed E-state index contributed by atoms with van der Waals surface area (Å²) >= 11 is 0. The maximum atomic E-state index is 11.7. The van der Waals surface area contributed by atoms with E-state index in [0.717, 1.165) is 25.9 Å². The van der Waals surface area contributed by atoms with Crippen LogP contribution in [-0.4, -0.2) is 69.2 Å². The maximum Gasteiger partial charge on any atom is 0.234 e. The normalized spacial score (nSPS) is 16.9. The fourth-order valence-corrected chi connectivity index (χ4v) is 2.07. The van der Waals surface area contributed by atoms with Crippen LogP contribution in [0.5, 0.6) is 0 Å². The lowest BCUT2D eigenvalue weighted by atomic mass is 10.1. The number of nitrogens with zero attached hydrogens (tertiary/aromatic N) is 1. The van der Waals surface area contributed by atoms with E-state index in [1.807, 2.05) is 0 Å². The molecule has 1 fully saturated rings. The molecule has 0 aliphatic carbocycles. The topological polar surface area (TPSA) is 96.7 Å². The summed E-state index contributed by atoms with van der Waals surface area (Å²) in [5, 5.41) is 5.46. The molecule has 0 aromatic rings. The van der Waals surface area contributed by atoms with Crippen molar-refractivity contribution in [3.05, 3.63) is 0 Å². The van der Waals surface area contributed by atoms with Crippen molar-refractivity contribution < 1.29 is 14.3 Å². The fourth-order valence-electron chi connectivity index (χ4n) is 2.07. The molecule has 20 heavy (non-hydrogen) atoms. The lowest BCUT2D eigenvalue weighted by Crippen LogP contribution is -2.45. The number of nitrogens with two attached hydrogens (primary N) is 1. The second-order valence-corrected chi connectivity index (χ2v) is 5.06. The number of nitrogens with one attached hydrogen (secondary N) is 2. The van der Waals surface area contributed by atoms with Crippen LogP contribution in [0.4, 0.5) is 0 Å². The Morgan fingerprint density at radius 2 is 1.85 bits per heavy atom. The Bertz CT molecular complexity index is 304. The molecule has 7 nitrogen and oxygen atoms in total. The number of carbonyl (C=O) groups is 2. The summed E-state index contributed by atoms with van der Waals surface area (Å²) in [6, 6.07) is 0.269. The average Bonchev–Trinajstić information content (AvgIpc) is 2.42. The van der Waals surface area contributed by atoms with Crippen LogP contribution in [-0.2, 0) is 14.3 Å². The van der Waals surface area contributed by atoms with Gasteiger partial charge in [-0.25, -0.2) is 0 Å². The van der Waals surface area contributed by atoms with Gasteiger partial charge in [0.25, 0.3) is 0 Å². The highest BCUT2D eigenvalue weighted by atomic mass is 16.5. The second kappa shape index (κ2) is 9.68. The zero-order valence-electron chi connectivity index (χ0n) is 12.2. The summed E-state index contributed by atoms with van der Waals surface area (Å²) in [6.07, 6.45) is 2.17. The van der Waals surface area contributed by atoms with Gasteiger partial charge in [-0.1, -0.05) is 0 Å². The number of likely N-dealkylation sites (tertiary alicyclic amines) is 1. The molecule has 1 aliphatic rings. The molecule has 0 aromatic carbocycles. The van der Waals surface area contributed by atoms with Gasteiger partial charge in [-0.05, 0) is 12.8 Å². The molecule has 1 aliphatic heterocycles. The summed E-state index contributed by atoms with van der Waals surface area (Å²) < 4.78 is 4.83. The predicted molar refractivity (Wildman–Crippen MR) is 76.2 cm³/mol. The van der Waals surface area contributed by atoms with E-state index in [-0.39, 0.29) is 17.9 Å². The van der Waals surface area contributed by atoms with Crippen molar-refractivity contribution in [2.45, 2.75) is 25.3 Å². The molecule has 0 spiro atoms. The lowest BCUT2D eigenvalue weighted by Gasteiger charge is -2.29. The molecule has 116 valence electrons. The molecule has 2 amide bonds. The van der Waals surface area contributed by atoms with Crippen LogP contribution in [0.2, 0.25) is 0 Å². The quantitative estimate of drug-likeness (QED) is 0.481. The monoisotopic (exact) mass is 286 g/mol. The van der Waals surface area contributed by atoms with E-state index in [2.05, 4.69) is 15.5 Å². The minimum atomic E-state index is -0.0775. The Morgan fingerprint density at radius 1 is 1.20 bits per heavy atom. The number of piperidine rings is 1. The molecule has 0 aromatic heterocycles. The van der Waals surface area contributed by atoms with Crippen molar-refractivity contribution in [3.8, 4) is 0 Å². The first-order valence-corrected chi connectivity index (χ1v) is 7.12. The maximum absolute atomic E-state index is 11.7. The summed E-state index contributed by atoms with van der Waals surface area (Å²) in [5.41, 5.74) is 5.81. The molecule has 0 radical (unpaired) electrons. The Morgan fingerprint density at radius 3 is 2.50 bits per heavy atom. The van der Waals surface area contributed by atoms with Gasteiger partial charge in [-0.3, -0.25) is 14.5 Å². The largest absolute Gasteiger partial charge is 0.383 e. The third-order valence-electron chi connectivity index (χ3n) is 3.30. The molecule has 1 heterocycles. The molecule has 7 heteroatoms. The van der Waals surface area contributed by atoms with E-state index < -0.39 is 0 Å². The molecule has 4 N–H and O–H groups in total. The highest BCUT2D eigenvalue weighted by molar-refractivity contribution is 5.80. The third kappa shape index (κ3) is 7.42. The van der Waals surface area contributed by atoms with Gasteiger partial charge in [-0.15, -0.1) is 0 Å². The molecule has 0 bridgehead atoms. The first-order chi connectivity index (χ1) is 9.61. The van der Waals surface area contributed by atoms with Crippen LogP contribution in [0.25, 0.3) is 0 Å². The molecule has 0 unspecified atom stereocenters. The van der Waals surface area contributed by atoms with Crippen LogP contribution in [0.15, 0.2) is 0 Å². The van der Waals surface area contributed by atoms with Gasteiger partial charge in [0.1, 0.15) is 0 Å². The summed E-state index contributed by atoms with van der Waals surface area (Å²) in [6.45, 7) is 3.48. The minimum absolute atomic E-state index is 0.0369. The molecule has 1 saturated heterocycles. The summed E-state index contributed by atoms with van der Waals surface area (Å²) in [7, 11) is 1.58. The standard InChI is InChI=1S/C13H26N4O3/c1-20-9-6-16-12(18)2-5-15-13(19)10-17-7-3-11(14)4-8-17/h11H,2-10,14H2,1H3,(H,15,19)(H,16,18). The van der Waals surface area contributed by atoms with Crippen LogP contribution < -0.4 is 16.4 Å². The van der Waals surface area contributed by atoms with Crippen LogP contribution in [0.3, 0.4) is 0 Å². The van der Waals surface area contributed by atoms with Gasteiger partial charge in [0.05, 0.1) is 13.2 Å². The Labute approximate surface area is 120 Å². The zero-order chi connectivity index (χ0) is 14.8. The molecule has 0 atom stereocenters. The SMILES string of the molecule is COCCNC(=O)CCNC(=O)CN1CCC(N)CC1. The number of ether oxygens (including phenoxy) is 1. The van der Waals surface area contributed by atoms with E-state index in [0.29, 0.717) is 32.7 Å². The van der Waals surface area contributed by atoms with E-state index in [1.54, 1.807) is 7.11 Å². The summed E-state index contributed by atoms with van der Waals surface area (Å²) in [5.74, 6) is -0.114. The smallest absolute Gasteiger partial charge is 0.234 e. The summed E-state index contributed by atoms with van der Waals surface area (Å²) in [4.78, 5) is 25.2. The number of hydrogen-bond donors (Lipinski definition) is 3. The molecule has 0 saturated carbocycles. The third-order valence-corrected chi connectivity index (χ3v) is 3.30. The first kappa shape index (κ1) is 16.9. The first-order valence-electron chi connectivity index (χ1n) is 7.12. The van der Waals surface area contributed by atoms with Crippen molar-refractivity contribution in [2.75, 3.05) is 46.4 Å². The van der Waals surface area contributed by atoms with Gasteiger partial charge in [-0.2, -0.15) is 0 Å². The Hall–Kier alpha value is -1.18. The highest BCUT2D eigenvalue weighted by Crippen LogP contribution is 2.07. The second-order valence-electron chi connectivity index (χ2n) is 5.06. The minimum Gasteiger partial charge on any atom is -0.383 e. The number of amides is 2. The lowest BCUT2D eigenvalue weighted by molar-refractivity contribution is -0.123. The van der Waals surface area contributed by atoms with Crippen LogP contribution in [0.1, 0.15) is 19.3 Å². The highest BCUT2D eigenvalue weighted by Gasteiger charge is 2.17. The van der Waals surface area contributed by atoms with E-state index in [4.69, 9.17) is 10.5 Å². The molecular formula is C13H26N4O3. The Balaban J connectivity index is 2.03. The molecular weight excluding hydrogens is 260 g/mol. The van der Waals surface area contributed by atoms with Crippen molar-refractivity contribution >= 4 is 11.8 Å². The van der Waals surface area contributed by atoms with E-state index in [9.17, 15) is 9.59 Å². The number of carbonyl (C=O) groups excluding carboxylic acids is 2. The molecule has 1 rings (SSSR count). The Kier molecular flexibility index (Phi) is 8.17.